The fourth-order valence-corrected chi connectivity index (χ4v) is 4.94. The minimum Gasteiger partial charge on any atom is -0.497 e. The molecule has 1 heterocycles. The van der Waals surface area contributed by atoms with Gasteiger partial charge in [0.05, 0.1) is 12.0 Å². The van der Waals surface area contributed by atoms with Crippen LogP contribution in [0.5, 0.6) is 5.75 Å². The molecule has 2 aromatic carbocycles. The molecular formula is C19H20F3NO3S. The highest BCUT2D eigenvalue weighted by Crippen LogP contribution is 2.35. The third kappa shape index (κ3) is 4.11. The molecule has 27 heavy (non-hydrogen) atoms. The van der Waals surface area contributed by atoms with Crippen molar-refractivity contribution in [1.82, 2.24) is 4.31 Å². The summed E-state index contributed by atoms with van der Waals surface area (Å²) in [6, 6.07) is 11.2. The van der Waals surface area contributed by atoms with Crippen LogP contribution < -0.4 is 4.74 Å². The second-order valence-electron chi connectivity index (χ2n) is 6.42. The van der Waals surface area contributed by atoms with Gasteiger partial charge in [0.25, 0.3) is 0 Å². The van der Waals surface area contributed by atoms with Crippen molar-refractivity contribution in [3.8, 4) is 16.9 Å². The molecule has 2 aromatic rings. The molecule has 146 valence electrons. The van der Waals surface area contributed by atoms with Crippen molar-refractivity contribution in [2.45, 2.75) is 36.4 Å². The number of methoxy groups -OCH3 is 1. The maximum atomic E-state index is 13.3. The molecule has 0 bridgehead atoms. The summed E-state index contributed by atoms with van der Waals surface area (Å²) in [5.74, 6) is 0.696. The van der Waals surface area contributed by atoms with Gasteiger partial charge in [-0.3, -0.25) is 0 Å². The zero-order chi connectivity index (χ0) is 19.7. The van der Waals surface area contributed by atoms with Crippen LogP contribution in [0.4, 0.5) is 13.2 Å². The molecule has 8 heteroatoms. The summed E-state index contributed by atoms with van der Waals surface area (Å²) >= 11 is 0. The Labute approximate surface area is 156 Å². The molecule has 0 aliphatic carbocycles. The molecule has 0 N–H and O–H groups in total. The van der Waals surface area contributed by atoms with Gasteiger partial charge in [0.2, 0.25) is 10.0 Å². The Bertz CT molecular complexity index is 878. The van der Waals surface area contributed by atoms with Gasteiger partial charge in [-0.05, 0) is 48.2 Å². The normalized spacial score (nSPS) is 19.0. The van der Waals surface area contributed by atoms with E-state index in [9.17, 15) is 21.6 Å². The number of hydrogen-bond acceptors (Lipinski definition) is 3. The van der Waals surface area contributed by atoms with Gasteiger partial charge in [-0.2, -0.15) is 17.5 Å². The Kier molecular flexibility index (Phi) is 5.48. The lowest BCUT2D eigenvalue weighted by Crippen LogP contribution is -2.51. The average molecular weight is 399 g/mol. The highest BCUT2D eigenvalue weighted by atomic mass is 32.2. The summed E-state index contributed by atoms with van der Waals surface area (Å²) in [5.41, 5.74) is 1.62. The van der Waals surface area contributed by atoms with Crippen LogP contribution in [0.25, 0.3) is 11.1 Å². The van der Waals surface area contributed by atoms with Crippen LogP contribution in [0.1, 0.15) is 19.3 Å². The van der Waals surface area contributed by atoms with Crippen LogP contribution >= 0.6 is 0 Å². The number of alkyl halides is 3. The van der Waals surface area contributed by atoms with Crippen molar-refractivity contribution in [1.29, 1.82) is 0 Å². The first-order valence-corrected chi connectivity index (χ1v) is 10.0. The van der Waals surface area contributed by atoms with Gasteiger partial charge >= 0.3 is 6.18 Å². The molecule has 1 atom stereocenters. The van der Waals surface area contributed by atoms with Crippen LogP contribution in [0, 0.1) is 0 Å². The molecule has 0 radical (unpaired) electrons. The zero-order valence-corrected chi connectivity index (χ0v) is 15.6. The van der Waals surface area contributed by atoms with Crippen molar-refractivity contribution in [3.05, 3.63) is 48.5 Å². The van der Waals surface area contributed by atoms with E-state index in [4.69, 9.17) is 4.74 Å². The topological polar surface area (TPSA) is 46.6 Å². The van der Waals surface area contributed by atoms with Crippen LogP contribution in [0.15, 0.2) is 53.4 Å². The molecule has 0 aromatic heterocycles. The van der Waals surface area contributed by atoms with Crippen LogP contribution in [0.3, 0.4) is 0 Å². The van der Waals surface area contributed by atoms with Gasteiger partial charge in [0.15, 0.2) is 0 Å². The van der Waals surface area contributed by atoms with Gasteiger partial charge in [-0.15, -0.1) is 0 Å². The largest absolute Gasteiger partial charge is 0.497 e. The molecule has 1 aliphatic rings. The van der Waals surface area contributed by atoms with Crippen molar-refractivity contribution < 1.29 is 26.3 Å². The molecule has 1 saturated heterocycles. The lowest BCUT2D eigenvalue weighted by atomic mass is 10.0. The third-order valence-corrected chi connectivity index (χ3v) is 6.64. The van der Waals surface area contributed by atoms with Gasteiger partial charge < -0.3 is 4.74 Å². The summed E-state index contributed by atoms with van der Waals surface area (Å²) in [7, 11) is -2.65. The minimum absolute atomic E-state index is 0.118. The lowest BCUT2D eigenvalue weighted by Gasteiger charge is -2.35. The summed E-state index contributed by atoms with van der Waals surface area (Å²) in [4.78, 5) is -0.129. The Morgan fingerprint density at radius 2 is 1.52 bits per heavy atom. The molecule has 1 unspecified atom stereocenters. The predicted molar refractivity (Wildman–Crippen MR) is 96.0 cm³/mol. The summed E-state index contributed by atoms with van der Waals surface area (Å²) in [5, 5.41) is 0. The maximum Gasteiger partial charge on any atom is 0.405 e. The summed E-state index contributed by atoms with van der Waals surface area (Å²) in [6.45, 7) is -0.118. The predicted octanol–water partition coefficient (Wildman–Crippen LogP) is 4.47. The Hall–Kier alpha value is -2.06. The second-order valence-corrected chi connectivity index (χ2v) is 8.31. The second kappa shape index (κ2) is 7.52. The summed E-state index contributed by atoms with van der Waals surface area (Å²) in [6.07, 6.45) is -3.98. The highest BCUT2D eigenvalue weighted by Gasteiger charge is 2.48. The monoisotopic (exact) mass is 399 g/mol. The number of hydrogen-bond donors (Lipinski definition) is 0. The van der Waals surface area contributed by atoms with E-state index in [1.165, 1.54) is 12.1 Å². The van der Waals surface area contributed by atoms with Gasteiger partial charge in [-0.25, -0.2) is 8.42 Å². The standard InChI is InChI=1S/C19H20F3NO3S/c1-26-16-9-5-14(6-10-16)15-7-11-17(12-8-15)27(24,25)23-13-3-2-4-18(23)19(20,21)22/h5-12,18H,2-4,13H2,1H3. The van der Waals surface area contributed by atoms with Crippen LogP contribution in [-0.2, 0) is 10.0 Å². The van der Waals surface area contributed by atoms with Gasteiger partial charge in [0, 0.05) is 6.54 Å². The number of piperidine rings is 1. The first kappa shape index (κ1) is 19.7. The average Bonchev–Trinajstić information content (AvgIpc) is 2.67. The van der Waals surface area contributed by atoms with Crippen molar-refractivity contribution in [2.24, 2.45) is 0 Å². The van der Waals surface area contributed by atoms with E-state index in [1.54, 1.807) is 31.4 Å². The van der Waals surface area contributed by atoms with E-state index in [1.807, 2.05) is 12.1 Å². The number of nitrogens with zero attached hydrogens (tertiary/aromatic N) is 1. The molecule has 3 rings (SSSR count). The molecular weight excluding hydrogens is 379 g/mol. The number of benzene rings is 2. The van der Waals surface area contributed by atoms with Gasteiger partial charge in [-0.1, -0.05) is 30.7 Å². The smallest absolute Gasteiger partial charge is 0.405 e. The SMILES string of the molecule is COc1ccc(-c2ccc(S(=O)(=O)N3CCCCC3C(F)(F)F)cc2)cc1. The molecule has 0 saturated carbocycles. The molecule has 1 aliphatic heterocycles. The van der Waals surface area contributed by atoms with Gasteiger partial charge in [0.1, 0.15) is 11.8 Å². The van der Waals surface area contributed by atoms with Crippen molar-refractivity contribution >= 4 is 10.0 Å². The summed E-state index contributed by atoms with van der Waals surface area (Å²) < 4.78 is 71.1. The minimum atomic E-state index is -4.57. The van der Waals surface area contributed by atoms with E-state index in [2.05, 4.69) is 0 Å². The lowest BCUT2D eigenvalue weighted by molar-refractivity contribution is -0.177. The molecule has 0 amide bonds. The van der Waals surface area contributed by atoms with E-state index >= 15 is 0 Å². The zero-order valence-electron chi connectivity index (χ0n) is 14.7. The molecule has 1 fully saturated rings. The number of halogens is 3. The first-order chi connectivity index (χ1) is 12.7. The fourth-order valence-electron chi connectivity index (χ4n) is 3.26. The number of sulfonamides is 1. The molecule has 0 spiro atoms. The van der Waals surface area contributed by atoms with Crippen LogP contribution in [0.2, 0.25) is 0 Å². The van der Waals surface area contributed by atoms with E-state index < -0.39 is 22.2 Å². The number of ether oxygens (including phenoxy) is 1. The Morgan fingerprint density at radius 1 is 0.963 bits per heavy atom. The molecule has 4 nitrogen and oxygen atoms in total. The first-order valence-electron chi connectivity index (χ1n) is 8.56. The fraction of sp³-hybridized carbons (Fsp3) is 0.368. The Balaban J connectivity index is 1.88. The number of rotatable bonds is 4. The van der Waals surface area contributed by atoms with Crippen LogP contribution in [-0.4, -0.2) is 38.6 Å². The van der Waals surface area contributed by atoms with E-state index in [0.717, 1.165) is 11.1 Å². The highest BCUT2D eigenvalue weighted by molar-refractivity contribution is 7.89. The quantitative estimate of drug-likeness (QED) is 0.762. The van der Waals surface area contributed by atoms with E-state index in [0.29, 0.717) is 22.9 Å². The Morgan fingerprint density at radius 3 is 2.04 bits per heavy atom. The van der Waals surface area contributed by atoms with E-state index in [-0.39, 0.29) is 17.9 Å². The van der Waals surface area contributed by atoms with Crippen molar-refractivity contribution in [3.63, 3.8) is 0 Å². The third-order valence-electron chi connectivity index (χ3n) is 4.72. The van der Waals surface area contributed by atoms with Crippen molar-refractivity contribution in [2.75, 3.05) is 13.7 Å². The maximum absolute atomic E-state index is 13.3.